The lowest BCUT2D eigenvalue weighted by Gasteiger charge is -2.50. The molecule has 0 atom stereocenters. The highest BCUT2D eigenvalue weighted by Gasteiger charge is 2.43. The first-order valence-corrected chi connectivity index (χ1v) is 10.1. The van der Waals surface area contributed by atoms with Crippen LogP contribution in [-0.4, -0.2) is 38.6 Å². The largest absolute Gasteiger partial charge is 0.654 e. The van der Waals surface area contributed by atoms with E-state index in [0.717, 1.165) is 19.3 Å². The molecule has 0 amide bonds. The standard InChI is InChI=1S/C15H26F6N.H3O4P/c1-4-5-6-7-8-9-13(22-12(2)3,10-14(16,17)18)11-15(19,20)21;1-5(2,3)4/h12H,4-11H2,1-3H3;(H3,1,2,3,4)/q-1;. The van der Waals surface area contributed by atoms with E-state index in [1.54, 1.807) is 0 Å². The second-order valence-electron chi connectivity index (χ2n) is 6.71. The number of hydrogen-bond acceptors (Lipinski definition) is 1. The van der Waals surface area contributed by atoms with Gasteiger partial charge in [0.05, 0.1) is 0 Å². The van der Waals surface area contributed by atoms with Gasteiger partial charge in [-0.15, -0.1) is 11.6 Å². The molecule has 0 aliphatic rings. The van der Waals surface area contributed by atoms with Gasteiger partial charge in [-0.05, 0) is 0 Å². The van der Waals surface area contributed by atoms with Crippen molar-refractivity contribution >= 4 is 7.82 Å². The summed E-state index contributed by atoms with van der Waals surface area (Å²) in [5.74, 6) is 0. The first-order valence-electron chi connectivity index (χ1n) is 8.53. The number of alkyl halides is 6. The average Bonchev–Trinajstić information content (AvgIpc) is 2.30. The van der Waals surface area contributed by atoms with Gasteiger partial charge in [0, 0.05) is 12.8 Å². The molecule has 0 spiro atoms. The Balaban J connectivity index is 0. The Labute approximate surface area is 155 Å². The molecule has 0 saturated heterocycles. The van der Waals surface area contributed by atoms with Gasteiger partial charge < -0.3 is 20.0 Å². The van der Waals surface area contributed by atoms with Gasteiger partial charge in [-0.3, -0.25) is 0 Å². The predicted molar refractivity (Wildman–Crippen MR) is 90.2 cm³/mol. The van der Waals surface area contributed by atoms with Crippen molar-refractivity contribution in [2.24, 2.45) is 0 Å². The van der Waals surface area contributed by atoms with Crippen LogP contribution in [0.1, 0.15) is 72.1 Å². The van der Waals surface area contributed by atoms with Crippen LogP contribution in [0.4, 0.5) is 26.3 Å². The lowest BCUT2D eigenvalue weighted by atomic mass is 9.84. The maximum absolute atomic E-state index is 12.8. The molecule has 0 fully saturated rings. The lowest BCUT2D eigenvalue weighted by Crippen LogP contribution is -2.40. The molecule has 0 bridgehead atoms. The van der Waals surface area contributed by atoms with Crippen molar-refractivity contribution in [2.75, 3.05) is 0 Å². The molecular formula is C15H29F6NO4P-. The van der Waals surface area contributed by atoms with Crippen LogP contribution in [0, 0.1) is 0 Å². The maximum Gasteiger partial charge on any atom is 0.466 e. The fourth-order valence-corrected chi connectivity index (χ4v) is 2.75. The number of halogens is 6. The summed E-state index contributed by atoms with van der Waals surface area (Å²) in [6.07, 6.45) is -8.81. The van der Waals surface area contributed by atoms with E-state index in [1.807, 2.05) is 6.92 Å². The van der Waals surface area contributed by atoms with E-state index in [4.69, 9.17) is 19.2 Å². The van der Waals surface area contributed by atoms with Gasteiger partial charge in [0.1, 0.15) is 0 Å². The van der Waals surface area contributed by atoms with Gasteiger partial charge in [-0.25, -0.2) is 4.57 Å². The predicted octanol–water partition coefficient (Wildman–Crippen LogP) is 5.84. The van der Waals surface area contributed by atoms with Crippen LogP contribution in [-0.2, 0) is 4.57 Å². The summed E-state index contributed by atoms with van der Waals surface area (Å²) in [5.41, 5.74) is -2.09. The first-order chi connectivity index (χ1) is 11.9. The number of phosphoric acid groups is 1. The Hall–Kier alpha value is -0.350. The summed E-state index contributed by atoms with van der Waals surface area (Å²) in [6, 6.07) is -0.569. The van der Waals surface area contributed by atoms with Gasteiger partial charge in [0.2, 0.25) is 0 Å². The third kappa shape index (κ3) is 23.6. The highest BCUT2D eigenvalue weighted by Crippen LogP contribution is 2.44. The number of hydrogen-bond donors (Lipinski definition) is 3. The maximum atomic E-state index is 12.8. The monoisotopic (exact) mass is 432 g/mol. The number of nitrogens with zero attached hydrogens (tertiary/aromatic N) is 1. The van der Waals surface area contributed by atoms with Crippen LogP contribution in [0.5, 0.6) is 0 Å². The highest BCUT2D eigenvalue weighted by molar-refractivity contribution is 7.45. The van der Waals surface area contributed by atoms with E-state index in [2.05, 4.69) is 5.32 Å². The van der Waals surface area contributed by atoms with E-state index in [-0.39, 0.29) is 6.42 Å². The van der Waals surface area contributed by atoms with Crippen molar-refractivity contribution in [2.45, 2.75) is 96.1 Å². The summed E-state index contributed by atoms with van der Waals surface area (Å²) >= 11 is 0. The Morgan fingerprint density at radius 3 is 1.52 bits per heavy atom. The SMILES string of the molecule is CCCCCCCC(CC(F)(F)F)(CC(F)(F)F)[N-]C(C)C.O=P(O)(O)O. The van der Waals surface area contributed by atoms with E-state index in [9.17, 15) is 26.3 Å². The molecule has 0 aliphatic heterocycles. The molecule has 5 nitrogen and oxygen atoms in total. The van der Waals surface area contributed by atoms with E-state index < -0.39 is 44.6 Å². The van der Waals surface area contributed by atoms with Crippen molar-refractivity contribution in [3.8, 4) is 0 Å². The van der Waals surface area contributed by atoms with Gasteiger partial charge >= 0.3 is 20.2 Å². The van der Waals surface area contributed by atoms with Crippen molar-refractivity contribution in [1.29, 1.82) is 0 Å². The second-order valence-corrected chi connectivity index (χ2v) is 7.74. The molecule has 12 heteroatoms. The molecule has 0 rings (SSSR count). The minimum absolute atomic E-state index is 0.173. The Morgan fingerprint density at radius 2 is 1.22 bits per heavy atom. The lowest BCUT2D eigenvalue weighted by molar-refractivity contribution is -0.174. The molecule has 0 unspecified atom stereocenters. The third-order valence-electron chi connectivity index (χ3n) is 3.34. The molecule has 0 heterocycles. The molecular weight excluding hydrogens is 403 g/mol. The zero-order chi connectivity index (χ0) is 21.9. The van der Waals surface area contributed by atoms with Crippen molar-refractivity contribution in [3.63, 3.8) is 0 Å². The fraction of sp³-hybridized carbons (Fsp3) is 1.00. The zero-order valence-electron chi connectivity index (χ0n) is 15.6. The summed E-state index contributed by atoms with van der Waals surface area (Å²) < 4.78 is 85.6. The highest BCUT2D eigenvalue weighted by atomic mass is 31.2. The minimum Gasteiger partial charge on any atom is -0.654 e. The molecule has 0 saturated carbocycles. The quantitative estimate of drug-likeness (QED) is 0.230. The molecule has 3 N–H and O–H groups in total. The Bertz CT molecular complexity index is 413. The minimum atomic E-state index is -4.66. The number of rotatable bonds is 10. The Morgan fingerprint density at radius 1 is 0.852 bits per heavy atom. The molecule has 0 aromatic heterocycles. The molecule has 0 aliphatic carbocycles. The summed E-state index contributed by atoms with van der Waals surface area (Å²) in [7, 11) is -4.64. The molecule has 27 heavy (non-hydrogen) atoms. The van der Waals surface area contributed by atoms with Gasteiger partial charge in [-0.1, -0.05) is 59.3 Å². The van der Waals surface area contributed by atoms with Crippen LogP contribution in [0.2, 0.25) is 0 Å². The van der Waals surface area contributed by atoms with E-state index >= 15 is 0 Å². The smallest absolute Gasteiger partial charge is 0.466 e. The first kappa shape index (κ1) is 28.9. The zero-order valence-corrected chi connectivity index (χ0v) is 16.5. The second kappa shape index (κ2) is 12.3. The van der Waals surface area contributed by atoms with Gasteiger partial charge in [0.15, 0.2) is 0 Å². The van der Waals surface area contributed by atoms with Crippen molar-refractivity contribution < 1.29 is 45.6 Å². The van der Waals surface area contributed by atoms with E-state index in [0.29, 0.717) is 12.8 Å². The summed E-state index contributed by atoms with van der Waals surface area (Å²) in [5, 5.41) is 3.86. The molecule has 0 aromatic carbocycles. The van der Waals surface area contributed by atoms with Crippen molar-refractivity contribution in [3.05, 3.63) is 5.32 Å². The van der Waals surface area contributed by atoms with Gasteiger partial charge in [0.25, 0.3) is 0 Å². The summed E-state index contributed by atoms with van der Waals surface area (Å²) in [6.45, 7) is 5.02. The third-order valence-corrected chi connectivity index (χ3v) is 3.34. The molecule has 166 valence electrons. The topological polar surface area (TPSA) is 91.9 Å². The van der Waals surface area contributed by atoms with Crippen LogP contribution in [0.25, 0.3) is 5.32 Å². The van der Waals surface area contributed by atoms with Crippen LogP contribution in [0.15, 0.2) is 0 Å². The van der Waals surface area contributed by atoms with Crippen LogP contribution in [0.3, 0.4) is 0 Å². The normalized spacial score (nSPS) is 13.5. The van der Waals surface area contributed by atoms with Crippen LogP contribution >= 0.6 is 7.82 Å². The summed E-state index contributed by atoms with van der Waals surface area (Å²) in [4.78, 5) is 21.6. The molecule has 0 aromatic rings. The fourth-order valence-electron chi connectivity index (χ4n) is 2.75. The molecule has 0 radical (unpaired) electrons. The van der Waals surface area contributed by atoms with Crippen molar-refractivity contribution in [1.82, 2.24) is 0 Å². The average molecular weight is 432 g/mol. The number of unbranched alkanes of at least 4 members (excludes halogenated alkanes) is 4. The van der Waals surface area contributed by atoms with Gasteiger partial charge in [-0.2, -0.15) is 26.3 Å². The van der Waals surface area contributed by atoms with E-state index in [1.165, 1.54) is 13.8 Å². The van der Waals surface area contributed by atoms with Crippen LogP contribution < -0.4 is 0 Å². The Kier molecular flexibility index (Phi) is 13.1.